The van der Waals surface area contributed by atoms with E-state index < -0.39 is 18.0 Å². The number of fused-ring (bicyclic) bond motifs is 1. The lowest BCUT2D eigenvalue weighted by Gasteiger charge is -2.32. The molecule has 3 aliphatic rings. The predicted molar refractivity (Wildman–Crippen MR) is 138 cm³/mol. The van der Waals surface area contributed by atoms with E-state index in [-0.39, 0.29) is 17.2 Å². The van der Waals surface area contributed by atoms with Crippen LogP contribution >= 0.6 is 0 Å². The third-order valence-corrected chi connectivity index (χ3v) is 6.08. The number of hydrogen-bond donors (Lipinski definition) is 5. The first-order valence-corrected chi connectivity index (χ1v) is 11.4. The summed E-state index contributed by atoms with van der Waals surface area (Å²) in [6.07, 6.45) is 11.8. The molecule has 0 saturated carbocycles. The van der Waals surface area contributed by atoms with Gasteiger partial charge in [0, 0.05) is 17.7 Å². The van der Waals surface area contributed by atoms with Crippen LogP contribution in [0, 0.1) is 11.8 Å². The zero-order valence-corrected chi connectivity index (χ0v) is 19.2. The van der Waals surface area contributed by atoms with Crippen LogP contribution in [0.15, 0.2) is 113 Å². The lowest BCUT2D eigenvalue weighted by atomic mass is 9.95. The average Bonchev–Trinajstić information content (AvgIpc) is 2.91. The van der Waals surface area contributed by atoms with Crippen molar-refractivity contribution in [3.63, 3.8) is 0 Å². The number of allylic oxidation sites excluding steroid dienone is 2. The van der Waals surface area contributed by atoms with Gasteiger partial charge in [-0.25, -0.2) is 9.59 Å². The largest absolute Gasteiger partial charge is 0.478 e. The normalized spacial score (nSPS) is 20.6. The van der Waals surface area contributed by atoms with Gasteiger partial charge in [-0.3, -0.25) is 0 Å². The summed E-state index contributed by atoms with van der Waals surface area (Å²) in [6, 6.07) is 13.5. The minimum Gasteiger partial charge on any atom is -0.478 e. The molecule has 2 unspecified atom stereocenters. The summed E-state index contributed by atoms with van der Waals surface area (Å²) >= 11 is 0. The smallest absolute Gasteiger partial charge is 0.335 e. The summed E-state index contributed by atoms with van der Waals surface area (Å²) < 4.78 is 0. The molecule has 0 radical (unpaired) electrons. The van der Waals surface area contributed by atoms with Gasteiger partial charge in [-0.05, 0) is 59.5 Å². The van der Waals surface area contributed by atoms with Crippen LogP contribution in [0.4, 0.5) is 0 Å². The van der Waals surface area contributed by atoms with Crippen LogP contribution in [0.25, 0.3) is 10.8 Å². The molecule has 3 heterocycles. The molecule has 0 bridgehead atoms. The SMILES string of the molecule is O=C(O)C1=CCNC(C2=CC(C(=O)O)=CC(C3C=C(C#Cc4ccc5ccccc5c4)C=CN3)N2)=C1. The van der Waals surface area contributed by atoms with Gasteiger partial charge in [-0.15, -0.1) is 0 Å². The van der Waals surface area contributed by atoms with Gasteiger partial charge in [0.25, 0.3) is 0 Å². The van der Waals surface area contributed by atoms with Gasteiger partial charge in [0.1, 0.15) is 0 Å². The molecule has 0 fully saturated rings. The standard InChI is InChI=1S/C29H23N3O4/c33-28(34)22-10-12-31-25(15-22)27-17-23(29(35)36)16-26(32-27)24-14-19(9-11-30-24)6-5-18-7-8-20-3-1-2-4-21(20)13-18/h1-4,7-11,13-17,24,26,30-32H,12H2,(H,33,34)(H,35,36). The van der Waals surface area contributed by atoms with E-state index in [0.29, 0.717) is 17.9 Å². The number of aliphatic carboxylic acids is 2. The van der Waals surface area contributed by atoms with E-state index in [0.717, 1.165) is 21.9 Å². The molecule has 2 aromatic carbocycles. The van der Waals surface area contributed by atoms with Gasteiger partial charge in [-0.1, -0.05) is 48.2 Å². The summed E-state index contributed by atoms with van der Waals surface area (Å²) in [4.78, 5) is 23.2. The third-order valence-electron chi connectivity index (χ3n) is 6.08. The van der Waals surface area contributed by atoms with Gasteiger partial charge in [0.05, 0.1) is 34.6 Å². The number of carboxylic acid groups (broad SMARTS) is 2. The molecule has 7 nitrogen and oxygen atoms in total. The molecule has 5 N–H and O–H groups in total. The number of nitrogens with one attached hydrogen (secondary N) is 3. The fraction of sp³-hybridized carbons (Fsp3) is 0.103. The molecule has 7 heteroatoms. The maximum Gasteiger partial charge on any atom is 0.335 e. The number of rotatable bonds is 4. The lowest BCUT2D eigenvalue weighted by molar-refractivity contribution is -0.133. The quantitative estimate of drug-likeness (QED) is 0.431. The van der Waals surface area contributed by atoms with Gasteiger partial charge in [0.2, 0.25) is 0 Å². The Labute approximate surface area is 207 Å². The second-order valence-corrected chi connectivity index (χ2v) is 8.52. The fourth-order valence-electron chi connectivity index (χ4n) is 4.25. The van der Waals surface area contributed by atoms with Crippen LogP contribution in [-0.4, -0.2) is 40.8 Å². The Morgan fingerprint density at radius 2 is 1.64 bits per heavy atom. The van der Waals surface area contributed by atoms with Gasteiger partial charge < -0.3 is 26.2 Å². The number of carboxylic acids is 2. The Morgan fingerprint density at radius 1 is 0.861 bits per heavy atom. The van der Waals surface area contributed by atoms with Crippen LogP contribution in [0.5, 0.6) is 0 Å². The highest BCUT2D eigenvalue weighted by Crippen LogP contribution is 2.22. The molecule has 0 aliphatic carbocycles. The van der Waals surface area contributed by atoms with Crippen LogP contribution in [0.3, 0.4) is 0 Å². The Bertz CT molecular complexity index is 1510. The molecule has 178 valence electrons. The van der Waals surface area contributed by atoms with E-state index >= 15 is 0 Å². The van der Waals surface area contributed by atoms with Crippen molar-refractivity contribution in [1.29, 1.82) is 0 Å². The molecule has 0 amide bonds. The number of dihydropyridines is 3. The van der Waals surface area contributed by atoms with Crippen molar-refractivity contribution in [3.05, 3.63) is 119 Å². The Morgan fingerprint density at radius 3 is 2.44 bits per heavy atom. The van der Waals surface area contributed by atoms with Crippen molar-refractivity contribution in [3.8, 4) is 11.8 Å². The molecule has 2 atom stereocenters. The molecule has 5 rings (SSSR count). The molecule has 0 saturated heterocycles. The highest BCUT2D eigenvalue weighted by Gasteiger charge is 2.27. The van der Waals surface area contributed by atoms with Crippen LogP contribution in [-0.2, 0) is 9.59 Å². The molecule has 36 heavy (non-hydrogen) atoms. The highest BCUT2D eigenvalue weighted by atomic mass is 16.4. The third kappa shape index (κ3) is 4.93. The van der Waals surface area contributed by atoms with Crippen LogP contribution < -0.4 is 16.0 Å². The number of carbonyl (C=O) groups is 2. The molecule has 0 spiro atoms. The molecule has 3 aliphatic heterocycles. The van der Waals surface area contributed by atoms with E-state index in [2.05, 4.69) is 46.0 Å². The van der Waals surface area contributed by atoms with E-state index in [1.165, 1.54) is 12.2 Å². The topological polar surface area (TPSA) is 111 Å². The Hall–Kier alpha value is -4.96. The Balaban J connectivity index is 1.39. The Kier molecular flexibility index (Phi) is 6.16. The lowest BCUT2D eigenvalue weighted by Crippen LogP contribution is -2.47. The van der Waals surface area contributed by atoms with Crippen LogP contribution in [0.1, 0.15) is 5.56 Å². The van der Waals surface area contributed by atoms with E-state index in [1.807, 2.05) is 36.4 Å². The van der Waals surface area contributed by atoms with Crippen molar-refractivity contribution in [2.45, 2.75) is 12.1 Å². The first-order valence-electron chi connectivity index (χ1n) is 11.4. The highest BCUT2D eigenvalue weighted by molar-refractivity contribution is 5.92. The maximum atomic E-state index is 11.8. The first kappa shape index (κ1) is 22.8. The van der Waals surface area contributed by atoms with Gasteiger partial charge in [0.15, 0.2) is 0 Å². The number of hydrogen-bond acceptors (Lipinski definition) is 5. The molecule has 2 aromatic rings. The van der Waals surface area contributed by atoms with Crippen molar-refractivity contribution in [1.82, 2.24) is 16.0 Å². The minimum absolute atomic E-state index is 0.122. The summed E-state index contributed by atoms with van der Waals surface area (Å²) in [6.45, 7) is 0.335. The first-order chi connectivity index (χ1) is 17.5. The summed E-state index contributed by atoms with van der Waals surface area (Å²) in [5.41, 5.74) is 3.03. The monoisotopic (exact) mass is 477 g/mol. The van der Waals surface area contributed by atoms with Crippen molar-refractivity contribution in [2.75, 3.05) is 6.54 Å². The van der Waals surface area contributed by atoms with Crippen molar-refractivity contribution < 1.29 is 19.8 Å². The zero-order valence-electron chi connectivity index (χ0n) is 19.2. The van der Waals surface area contributed by atoms with Gasteiger partial charge in [-0.2, -0.15) is 0 Å². The summed E-state index contributed by atoms with van der Waals surface area (Å²) in [7, 11) is 0. The zero-order chi connectivity index (χ0) is 25.1. The predicted octanol–water partition coefficient (Wildman–Crippen LogP) is 2.97. The summed E-state index contributed by atoms with van der Waals surface area (Å²) in [5, 5.41) is 31.0. The summed E-state index contributed by atoms with van der Waals surface area (Å²) in [5.74, 6) is 4.33. The van der Waals surface area contributed by atoms with E-state index in [1.54, 1.807) is 18.4 Å². The minimum atomic E-state index is -1.06. The average molecular weight is 478 g/mol. The van der Waals surface area contributed by atoms with Gasteiger partial charge >= 0.3 is 11.9 Å². The van der Waals surface area contributed by atoms with E-state index in [4.69, 9.17) is 0 Å². The molecular weight excluding hydrogens is 454 g/mol. The molecular formula is C29H23N3O4. The van der Waals surface area contributed by atoms with E-state index in [9.17, 15) is 19.8 Å². The molecule has 0 aromatic heterocycles. The second-order valence-electron chi connectivity index (χ2n) is 8.52. The maximum absolute atomic E-state index is 11.8. The number of benzene rings is 2. The van der Waals surface area contributed by atoms with Crippen molar-refractivity contribution >= 4 is 22.7 Å². The second kappa shape index (κ2) is 9.72. The fourth-order valence-corrected chi connectivity index (χ4v) is 4.25. The van der Waals surface area contributed by atoms with Crippen molar-refractivity contribution in [2.24, 2.45) is 0 Å². The van der Waals surface area contributed by atoms with Crippen LogP contribution in [0.2, 0.25) is 0 Å².